The van der Waals surface area contributed by atoms with Crippen LogP contribution in [-0.4, -0.2) is 10.1 Å². The minimum absolute atomic E-state index is 0.284. The van der Waals surface area contributed by atoms with Crippen molar-refractivity contribution in [2.75, 3.05) is 0 Å². The molecule has 0 radical (unpaired) electrons. The van der Waals surface area contributed by atoms with Crippen LogP contribution in [-0.2, 0) is 0 Å². The lowest BCUT2D eigenvalue weighted by Crippen LogP contribution is -1.88. The van der Waals surface area contributed by atoms with Crippen LogP contribution in [0.25, 0.3) is 0 Å². The Bertz CT molecular complexity index is 239. The van der Waals surface area contributed by atoms with Gasteiger partial charge in [0.15, 0.2) is 5.75 Å². The van der Waals surface area contributed by atoms with Gasteiger partial charge < -0.3 is 5.11 Å². The summed E-state index contributed by atoms with van der Waals surface area (Å²) in [4.78, 5) is 4.07. The molecule has 1 rings (SSSR count). The van der Waals surface area contributed by atoms with Crippen molar-refractivity contribution in [2.45, 2.75) is 6.92 Å². The molecule has 0 saturated carbocycles. The molecule has 0 aromatic carbocycles. The minimum atomic E-state index is 0.284. The molecule has 1 aromatic heterocycles. The molecule has 0 bridgehead atoms. The van der Waals surface area contributed by atoms with Crippen LogP contribution in [0.4, 0.5) is 0 Å². The molecule has 4 heteroatoms. The van der Waals surface area contributed by atoms with Crippen molar-refractivity contribution in [3.63, 3.8) is 0 Å². The number of aromatic hydroxyl groups is 1. The van der Waals surface area contributed by atoms with Crippen LogP contribution in [0.1, 0.15) is 5.69 Å². The number of aryl methyl sites for hydroxylation is 1. The number of pyridine rings is 1. The molecule has 2 nitrogen and oxygen atoms in total. The zero-order valence-electron chi connectivity index (χ0n) is 5.23. The summed E-state index contributed by atoms with van der Waals surface area (Å²) < 4.78 is 1.52. The Kier molecular flexibility index (Phi) is 2.73. The van der Waals surface area contributed by atoms with Gasteiger partial charge in [-0.1, -0.05) is 0 Å². The number of hydrogen-bond acceptors (Lipinski definition) is 2. The standard InChI is InChI=1S/C6H5I2NO/c1-3-2-4(7)5(10)6(8)9-3/h2,10H,1H3. The largest absolute Gasteiger partial charge is 0.504 e. The fourth-order valence-electron chi connectivity index (χ4n) is 0.590. The van der Waals surface area contributed by atoms with Crippen molar-refractivity contribution in [1.29, 1.82) is 0 Å². The van der Waals surface area contributed by atoms with E-state index < -0.39 is 0 Å². The first-order chi connectivity index (χ1) is 4.61. The van der Waals surface area contributed by atoms with Crippen molar-refractivity contribution < 1.29 is 5.11 Å². The molecule has 0 aliphatic heterocycles. The SMILES string of the molecule is Cc1cc(I)c(O)c(I)n1. The fourth-order valence-corrected chi connectivity index (χ4v) is 2.48. The molecule has 0 saturated heterocycles. The Labute approximate surface area is 86.3 Å². The van der Waals surface area contributed by atoms with E-state index in [0.29, 0.717) is 3.70 Å². The first-order valence-corrected chi connectivity index (χ1v) is 4.78. The van der Waals surface area contributed by atoms with Crippen LogP contribution in [0, 0.1) is 14.2 Å². The molecule has 54 valence electrons. The van der Waals surface area contributed by atoms with Crippen molar-refractivity contribution in [1.82, 2.24) is 4.98 Å². The summed E-state index contributed by atoms with van der Waals surface area (Å²) in [5.74, 6) is 0.284. The Morgan fingerprint density at radius 2 is 2.10 bits per heavy atom. The number of rotatable bonds is 0. The Hall–Kier alpha value is 0.410. The molecule has 0 atom stereocenters. The van der Waals surface area contributed by atoms with E-state index in [0.717, 1.165) is 9.26 Å². The molecule has 0 amide bonds. The third kappa shape index (κ3) is 1.71. The van der Waals surface area contributed by atoms with Crippen LogP contribution in [0.3, 0.4) is 0 Å². The summed E-state index contributed by atoms with van der Waals surface area (Å²) in [6, 6.07) is 1.85. The lowest BCUT2D eigenvalue weighted by Gasteiger charge is -1.99. The quantitative estimate of drug-likeness (QED) is 0.569. The summed E-state index contributed by atoms with van der Waals surface area (Å²) in [5.41, 5.74) is 0.937. The molecule has 0 fully saturated rings. The van der Waals surface area contributed by atoms with Gasteiger partial charge in [-0.2, -0.15) is 0 Å². The lowest BCUT2D eigenvalue weighted by molar-refractivity contribution is 0.463. The minimum Gasteiger partial charge on any atom is -0.504 e. The third-order valence-corrected chi connectivity index (χ3v) is 2.61. The van der Waals surface area contributed by atoms with Crippen LogP contribution in [0.2, 0.25) is 0 Å². The van der Waals surface area contributed by atoms with Gasteiger partial charge in [-0.15, -0.1) is 0 Å². The number of halogens is 2. The second-order valence-corrected chi connectivity index (χ2v) is 4.07. The van der Waals surface area contributed by atoms with E-state index in [1.54, 1.807) is 0 Å². The van der Waals surface area contributed by atoms with Gasteiger partial charge in [0.05, 0.1) is 3.57 Å². The average molecular weight is 361 g/mol. The second kappa shape index (κ2) is 3.21. The highest BCUT2D eigenvalue weighted by molar-refractivity contribution is 14.1. The van der Waals surface area contributed by atoms with E-state index >= 15 is 0 Å². The Balaban J connectivity index is 3.31. The average Bonchev–Trinajstić information content (AvgIpc) is 1.82. The van der Waals surface area contributed by atoms with Crippen LogP contribution < -0.4 is 0 Å². The van der Waals surface area contributed by atoms with Crippen molar-refractivity contribution in [3.05, 3.63) is 19.0 Å². The van der Waals surface area contributed by atoms with Gasteiger partial charge in [0.25, 0.3) is 0 Å². The molecular formula is C6H5I2NO. The maximum absolute atomic E-state index is 9.25. The smallest absolute Gasteiger partial charge is 0.160 e. The monoisotopic (exact) mass is 361 g/mol. The van der Waals surface area contributed by atoms with Gasteiger partial charge in [0, 0.05) is 5.69 Å². The maximum Gasteiger partial charge on any atom is 0.160 e. The van der Waals surface area contributed by atoms with E-state index in [9.17, 15) is 5.11 Å². The Morgan fingerprint density at radius 1 is 1.50 bits per heavy atom. The molecule has 10 heavy (non-hydrogen) atoms. The Morgan fingerprint density at radius 3 is 2.60 bits per heavy atom. The normalized spacial score (nSPS) is 9.90. The van der Waals surface area contributed by atoms with Gasteiger partial charge in [-0.05, 0) is 58.2 Å². The zero-order valence-corrected chi connectivity index (χ0v) is 9.54. The van der Waals surface area contributed by atoms with E-state index in [-0.39, 0.29) is 5.75 Å². The fraction of sp³-hybridized carbons (Fsp3) is 0.167. The van der Waals surface area contributed by atoms with E-state index in [1.165, 1.54) is 0 Å². The zero-order chi connectivity index (χ0) is 7.72. The highest BCUT2D eigenvalue weighted by Gasteiger charge is 2.03. The van der Waals surface area contributed by atoms with E-state index in [4.69, 9.17) is 0 Å². The third-order valence-electron chi connectivity index (χ3n) is 1.03. The van der Waals surface area contributed by atoms with Crippen molar-refractivity contribution in [3.8, 4) is 5.75 Å². The lowest BCUT2D eigenvalue weighted by atomic mass is 10.4. The maximum atomic E-state index is 9.25. The highest BCUT2D eigenvalue weighted by atomic mass is 127. The molecular weight excluding hydrogens is 356 g/mol. The highest BCUT2D eigenvalue weighted by Crippen LogP contribution is 2.24. The van der Waals surface area contributed by atoms with Crippen molar-refractivity contribution in [2.24, 2.45) is 0 Å². The van der Waals surface area contributed by atoms with E-state index in [1.807, 2.05) is 35.6 Å². The van der Waals surface area contributed by atoms with Gasteiger partial charge in [-0.25, -0.2) is 4.98 Å². The summed E-state index contributed by atoms with van der Waals surface area (Å²) in [6.07, 6.45) is 0. The molecule has 1 heterocycles. The summed E-state index contributed by atoms with van der Waals surface area (Å²) in [7, 11) is 0. The molecule has 0 aliphatic rings. The molecule has 1 N–H and O–H groups in total. The second-order valence-electron chi connectivity index (χ2n) is 1.88. The molecule has 0 aliphatic carbocycles. The predicted molar refractivity (Wildman–Crippen MR) is 56.1 cm³/mol. The molecule has 0 spiro atoms. The molecule has 1 aromatic rings. The van der Waals surface area contributed by atoms with Gasteiger partial charge in [-0.3, -0.25) is 0 Å². The van der Waals surface area contributed by atoms with E-state index in [2.05, 4.69) is 27.6 Å². The predicted octanol–water partition coefficient (Wildman–Crippen LogP) is 2.30. The number of aromatic nitrogens is 1. The van der Waals surface area contributed by atoms with Gasteiger partial charge in [0.1, 0.15) is 3.70 Å². The van der Waals surface area contributed by atoms with Crippen LogP contribution in [0.5, 0.6) is 5.75 Å². The molecule has 0 unspecified atom stereocenters. The van der Waals surface area contributed by atoms with Crippen LogP contribution >= 0.6 is 45.2 Å². The van der Waals surface area contributed by atoms with Crippen molar-refractivity contribution >= 4 is 45.2 Å². The summed E-state index contributed by atoms with van der Waals surface area (Å²) in [6.45, 7) is 1.91. The summed E-state index contributed by atoms with van der Waals surface area (Å²) >= 11 is 4.09. The first-order valence-electron chi connectivity index (χ1n) is 2.63. The number of hydrogen-bond donors (Lipinski definition) is 1. The van der Waals surface area contributed by atoms with Gasteiger partial charge >= 0.3 is 0 Å². The topological polar surface area (TPSA) is 33.1 Å². The first kappa shape index (κ1) is 8.51. The van der Waals surface area contributed by atoms with Crippen LogP contribution in [0.15, 0.2) is 6.07 Å². The number of nitrogens with zero attached hydrogens (tertiary/aromatic N) is 1. The summed E-state index contributed by atoms with van der Waals surface area (Å²) in [5, 5.41) is 9.25. The van der Waals surface area contributed by atoms with Gasteiger partial charge in [0.2, 0.25) is 0 Å².